The summed E-state index contributed by atoms with van der Waals surface area (Å²) in [6.07, 6.45) is 4.24. The van der Waals surface area contributed by atoms with E-state index < -0.39 is 12.0 Å². The Morgan fingerprint density at radius 3 is 2.72 bits per heavy atom. The molecule has 6 heteroatoms. The van der Waals surface area contributed by atoms with Gasteiger partial charge in [0.1, 0.15) is 6.04 Å². The third-order valence-corrected chi connectivity index (χ3v) is 3.88. The minimum atomic E-state index is -0.905. The van der Waals surface area contributed by atoms with E-state index in [1.807, 2.05) is 13.2 Å². The molecule has 1 rings (SSSR count). The van der Waals surface area contributed by atoms with Crippen LogP contribution in [0.4, 0.5) is 0 Å². The topological polar surface area (TPSA) is 69.6 Å². The van der Waals surface area contributed by atoms with Gasteiger partial charge in [-0.1, -0.05) is 0 Å². The number of rotatable bonds is 7. The summed E-state index contributed by atoms with van der Waals surface area (Å²) in [5.41, 5.74) is 0. The minimum Gasteiger partial charge on any atom is -0.480 e. The highest BCUT2D eigenvalue weighted by molar-refractivity contribution is 7.98. The van der Waals surface area contributed by atoms with E-state index >= 15 is 0 Å². The molecule has 0 aromatic heterocycles. The number of hydrogen-bond acceptors (Lipinski definition) is 4. The van der Waals surface area contributed by atoms with Crippen LogP contribution in [0.2, 0.25) is 0 Å². The van der Waals surface area contributed by atoms with Gasteiger partial charge in [0.15, 0.2) is 0 Å². The van der Waals surface area contributed by atoms with Crippen LogP contribution in [-0.2, 0) is 9.59 Å². The van der Waals surface area contributed by atoms with Crippen molar-refractivity contribution in [2.45, 2.75) is 38.3 Å². The van der Waals surface area contributed by atoms with E-state index in [4.69, 9.17) is 0 Å². The van der Waals surface area contributed by atoms with Crippen molar-refractivity contribution in [2.24, 2.45) is 0 Å². The fourth-order valence-corrected chi connectivity index (χ4v) is 2.73. The number of nitrogens with one attached hydrogen (secondary N) is 1. The first kappa shape index (κ1) is 15.3. The van der Waals surface area contributed by atoms with Gasteiger partial charge in [-0.05, 0) is 44.7 Å². The molecule has 0 aliphatic carbocycles. The van der Waals surface area contributed by atoms with Crippen molar-refractivity contribution in [2.75, 3.05) is 25.1 Å². The van der Waals surface area contributed by atoms with Crippen LogP contribution >= 0.6 is 11.8 Å². The van der Waals surface area contributed by atoms with Crippen LogP contribution < -0.4 is 5.32 Å². The van der Waals surface area contributed by atoms with E-state index in [1.54, 1.807) is 11.8 Å². The van der Waals surface area contributed by atoms with Crippen molar-refractivity contribution in [3.63, 3.8) is 0 Å². The van der Waals surface area contributed by atoms with Crippen molar-refractivity contribution < 1.29 is 14.7 Å². The number of carbonyl (C=O) groups is 2. The van der Waals surface area contributed by atoms with Gasteiger partial charge >= 0.3 is 5.97 Å². The zero-order valence-corrected chi connectivity index (χ0v) is 11.8. The summed E-state index contributed by atoms with van der Waals surface area (Å²) in [7, 11) is 0. The van der Waals surface area contributed by atoms with E-state index in [0.29, 0.717) is 13.0 Å². The summed E-state index contributed by atoms with van der Waals surface area (Å²) in [4.78, 5) is 25.1. The van der Waals surface area contributed by atoms with Crippen LogP contribution in [0, 0.1) is 0 Å². The number of nitrogens with zero attached hydrogens (tertiary/aromatic N) is 1. The molecule has 18 heavy (non-hydrogen) atoms. The first-order valence-corrected chi connectivity index (χ1v) is 7.76. The maximum atomic E-state index is 12.3. The summed E-state index contributed by atoms with van der Waals surface area (Å²) < 4.78 is 0. The second-order valence-electron chi connectivity index (χ2n) is 4.41. The van der Waals surface area contributed by atoms with Gasteiger partial charge in [0.05, 0.1) is 6.04 Å². The average molecular weight is 274 g/mol. The SMILES string of the molecule is CCN(C(=O)[C@@H]1CCCN1)[C@@H](CCSC)C(=O)O. The number of thioether (sulfide) groups is 1. The Hall–Kier alpha value is -0.750. The first-order chi connectivity index (χ1) is 8.61. The molecule has 0 spiro atoms. The lowest BCUT2D eigenvalue weighted by Gasteiger charge is -2.30. The van der Waals surface area contributed by atoms with Gasteiger partial charge in [-0.25, -0.2) is 4.79 Å². The number of carbonyl (C=O) groups excluding carboxylic acids is 1. The molecule has 104 valence electrons. The molecule has 1 heterocycles. The Bertz CT molecular complexity index is 293. The quantitative estimate of drug-likeness (QED) is 0.718. The molecule has 1 fully saturated rings. The largest absolute Gasteiger partial charge is 0.480 e. The maximum absolute atomic E-state index is 12.3. The van der Waals surface area contributed by atoms with Gasteiger partial charge in [-0.15, -0.1) is 0 Å². The summed E-state index contributed by atoms with van der Waals surface area (Å²) in [5, 5.41) is 12.4. The van der Waals surface area contributed by atoms with Gasteiger partial charge in [0, 0.05) is 6.54 Å². The lowest BCUT2D eigenvalue weighted by Crippen LogP contribution is -2.51. The lowest BCUT2D eigenvalue weighted by atomic mass is 10.1. The predicted octanol–water partition coefficient (Wildman–Crippen LogP) is 0.793. The number of aliphatic carboxylic acids is 1. The van der Waals surface area contributed by atoms with E-state index in [2.05, 4.69) is 5.32 Å². The fraction of sp³-hybridized carbons (Fsp3) is 0.833. The predicted molar refractivity (Wildman–Crippen MR) is 72.8 cm³/mol. The average Bonchev–Trinajstić information content (AvgIpc) is 2.87. The van der Waals surface area contributed by atoms with Gasteiger partial charge in [-0.2, -0.15) is 11.8 Å². The third kappa shape index (κ3) is 3.88. The summed E-state index contributed by atoms with van der Waals surface area (Å²) in [5.74, 6) is -0.223. The normalized spacial score (nSPS) is 20.7. The third-order valence-electron chi connectivity index (χ3n) is 3.24. The van der Waals surface area contributed by atoms with Gasteiger partial charge in [0.2, 0.25) is 5.91 Å². The zero-order chi connectivity index (χ0) is 13.5. The van der Waals surface area contributed by atoms with Gasteiger partial charge < -0.3 is 15.3 Å². The number of carboxylic acids is 1. The fourth-order valence-electron chi connectivity index (χ4n) is 2.27. The molecular formula is C12H22N2O3S. The van der Waals surface area contributed by atoms with Crippen LogP contribution in [0.3, 0.4) is 0 Å². The van der Waals surface area contributed by atoms with Crippen molar-refractivity contribution in [1.29, 1.82) is 0 Å². The Balaban J connectivity index is 2.70. The number of carboxylic acid groups (broad SMARTS) is 1. The number of likely N-dealkylation sites (N-methyl/N-ethyl adjacent to an activating group) is 1. The Morgan fingerprint density at radius 2 is 2.28 bits per heavy atom. The van der Waals surface area contributed by atoms with E-state index in [-0.39, 0.29) is 11.9 Å². The van der Waals surface area contributed by atoms with Gasteiger partial charge in [0.25, 0.3) is 0 Å². The van der Waals surface area contributed by atoms with Gasteiger partial charge in [-0.3, -0.25) is 4.79 Å². The molecule has 1 saturated heterocycles. The van der Waals surface area contributed by atoms with Crippen LogP contribution in [0.25, 0.3) is 0 Å². The Labute approximate surface area is 112 Å². The van der Waals surface area contributed by atoms with Crippen molar-refractivity contribution in [1.82, 2.24) is 10.2 Å². The molecule has 0 aromatic carbocycles. The van der Waals surface area contributed by atoms with E-state index in [0.717, 1.165) is 25.1 Å². The molecule has 2 N–H and O–H groups in total. The molecule has 2 atom stereocenters. The maximum Gasteiger partial charge on any atom is 0.326 e. The van der Waals surface area contributed by atoms with Crippen LogP contribution in [0.15, 0.2) is 0 Å². The molecular weight excluding hydrogens is 252 g/mol. The molecule has 1 aliphatic heterocycles. The smallest absolute Gasteiger partial charge is 0.326 e. The molecule has 0 radical (unpaired) electrons. The Morgan fingerprint density at radius 1 is 1.56 bits per heavy atom. The Kier molecular flexibility index (Phi) is 6.49. The standard InChI is InChI=1S/C12H22N2O3S/c1-3-14(10(12(16)17)6-8-18-2)11(15)9-5-4-7-13-9/h9-10,13H,3-8H2,1-2H3,(H,16,17)/t9-,10-/m0/s1. The van der Waals surface area contributed by atoms with Crippen molar-refractivity contribution in [3.8, 4) is 0 Å². The molecule has 0 saturated carbocycles. The lowest BCUT2D eigenvalue weighted by molar-refractivity contribution is -0.150. The monoisotopic (exact) mass is 274 g/mol. The zero-order valence-electron chi connectivity index (χ0n) is 11.0. The van der Waals surface area contributed by atoms with Crippen molar-refractivity contribution in [3.05, 3.63) is 0 Å². The highest BCUT2D eigenvalue weighted by atomic mass is 32.2. The second-order valence-corrected chi connectivity index (χ2v) is 5.39. The second kappa shape index (κ2) is 7.63. The first-order valence-electron chi connectivity index (χ1n) is 6.37. The van der Waals surface area contributed by atoms with Crippen LogP contribution in [0.1, 0.15) is 26.2 Å². The molecule has 1 amide bonds. The van der Waals surface area contributed by atoms with Crippen molar-refractivity contribution >= 4 is 23.6 Å². The van der Waals surface area contributed by atoms with Crippen LogP contribution in [-0.4, -0.2) is 59.1 Å². The summed E-state index contributed by atoms with van der Waals surface area (Å²) in [6, 6.07) is -0.890. The molecule has 0 aromatic rings. The summed E-state index contributed by atoms with van der Waals surface area (Å²) >= 11 is 1.60. The molecule has 5 nitrogen and oxygen atoms in total. The molecule has 0 bridgehead atoms. The number of amides is 1. The van der Waals surface area contributed by atoms with E-state index in [1.165, 1.54) is 4.90 Å². The molecule has 0 unspecified atom stereocenters. The summed E-state index contributed by atoms with van der Waals surface area (Å²) in [6.45, 7) is 3.13. The highest BCUT2D eigenvalue weighted by Gasteiger charge is 2.33. The van der Waals surface area contributed by atoms with Crippen LogP contribution in [0.5, 0.6) is 0 Å². The number of hydrogen-bond donors (Lipinski definition) is 2. The highest BCUT2D eigenvalue weighted by Crippen LogP contribution is 2.14. The minimum absolute atomic E-state index is 0.0662. The van der Waals surface area contributed by atoms with E-state index in [9.17, 15) is 14.7 Å². The molecule has 1 aliphatic rings.